The summed E-state index contributed by atoms with van der Waals surface area (Å²) < 4.78 is 51.7. The van der Waals surface area contributed by atoms with E-state index in [0.29, 0.717) is 12.0 Å². The van der Waals surface area contributed by atoms with Crippen LogP contribution in [0, 0.1) is 0 Å². The Kier molecular flexibility index (Phi) is 16.2. The Labute approximate surface area is 314 Å². The molecule has 0 bridgehead atoms. The van der Waals surface area contributed by atoms with Crippen LogP contribution in [0.5, 0.6) is 17.2 Å². The molecule has 5 atom stereocenters. The molecule has 0 saturated carbocycles. The largest absolute Gasteiger partial charge is 0.484 e. The second-order valence-electron chi connectivity index (χ2n) is 13.0. The van der Waals surface area contributed by atoms with E-state index < -0.39 is 66.8 Å². The maximum atomic E-state index is 13.4. The number of hydrogen-bond acceptors (Lipinski definition) is 14. The summed E-state index contributed by atoms with van der Waals surface area (Å²) >= 11 is 0. The topological polar surface area (TPSA) is 172 Å². The second kappa shape index (κ2) is 21.0. The number of esters is 4. The lowest BCUT2D eigenvalue weighted by molar-refractivity contribution is -0.288. The first kappa shape index (κ1) is 41.6. The van der Waals surface area contributed by atoms with Crippen LogP contribution in [0.1, 0.15) is 91.5 Å². The van der Waals surface area contributed by atoms with Gasteiger partial charge in [0.05, 0.1) is 12.0 Å². The van der Waals surface area contributed by atoms with E-state index in [2.05, 4.69) is 6.92 Å². The van der Waals surface area contributed by atoms with Crippen molar-refractivity contribution >= 4 is 34.8 Å². The van der Waals surface area contributed by atoms with Crippen molar-refractivity contribution in [2.75, 3.05) is 13.2 Å². The van der Waals surface area contributed by atoms with Gasteiger partial charge < -0.3 is 42.3 Å². The fourth-order valence-corrected chi connectivity index (χ4v) is 6.03. The first-order valence-electron chi connectivity index (χ1n) is 18.3. The Hall–Kier alpha value is -5.11. The smallest absolute Gasteiger partial charge is 0.383 e. The van der Waals surface area contributed by atoms with Gasteiger partial charge in [0.25, 0.3) is 0 Å². The highest BCUT2D eigenvalue weighted by Gasteiger charge is 2.53. The van der Waals surface area contributed by atoms with Gasteiger partial charge in [-0.1, -0.05) is 82.2 Å². The van der Waals surface area contributed by atoms with Gasteiger partial charge in [-0.15, -0.1) is 0 Å². The molecule has 0 N–H and O–H groups in total. The Morgan fingerprint density at radius 3 is 1.96 bits per heavy atom. The summed E-state index contributed by atoms with van der Waals surface area (Å²) in [5, 5.41) is 0.422. The molecule has 294 valence electrons. The summed E-state index contributed by atoms with van der Waals surface area (Å²) in [5.41, 5.74) is 0.205. The Balaban J connectivity index is 1.63. The van der Waals surface area contributed by atoms with E-state index >= 15 is 0 Å². The van der Waals surface area contributed by atoms with E-state index in [9.17, 15) is 24.0 Å². The molecular weight excluding hydrogens is 704 g/mol. The molecule has 2 heterocycles. The number of carbonyl (C=O) groups excluding carboxylic acids is 4. The van der Waals surface area contributed by atoms with Crippen LogP contribution in [0.25, 0.3) is 11.0 Å². The van der Waals surface area contributed by atoms with Crippen LogP contribution in [0.15, 0.2) is 57.7 Å². The average molecular weight is 755 g/mol. The van der Waals surface area contributed by atoms with Gasteiger partial charge >= 0.3 is 29.5 Å². The molecule has 3 aromatic rings. The Bertz CT molecular complexity index is 1750. The summed E-state index contributed by atoms with van der Waals surface area (Å²) in [6, 6.07) is 14.0. The van der Waals surface area contributed by atoms with E-state index in [4.69, 9.17) is 42.3 Å². The van der Waals surface area contributed by atoms with E-state index in [-0.39, 0.29) is 29.4 Å². The predicted molar refractivity (Wildman–Crippen MR) is 194 cm³/mol. The van der Waals surface area contributed by atoms with Gasteiger partial charge in [-0.05, 0) is 24.1 Å². The van der Waals surface area contributed by atoms with Crippen LogP contribution in [0.3, 0.4) is 0 Å². The maximum absolute atomic E-state index is 13.4. The number of fused-ring (bicyclic) bond motifs is 1. The molecule has 4 rings (SSSR count). The number of benzene rings is 2. The third kappa shape index (κ3) is 12.5. The fourth-order valence-electron chi connectivity index (χ4n) is 6.03. The molecule has 0 unspecified atom stereocenters. The van der Waals surface area contributed by atoms with Crippen molar-refractivity contribution in [2.45, 2.75) is 123 Å². The summed E-state index contributed by atoms with van der Waals surface area (Å²) in [6.07, 6.45) is 1.93. The van der Waals surface area contributed by atoms with Crippen molar-refractivity contribution in [1.29, 1.82) is 0 Å². The molecule has 1 saturated heterocycles. The standard InChI is InChI=1S/C40H50O14/c1-6-7-8-9-10-11-12-16-21-46-37-34(48-23-29-17-14-13-15-18-29)31-20-19-30(22-32(31)53-39(37)45)52-40-38(51-28(5)44)36(50-27(4)43)35(49-26(3)42)33(54-40)24-47-25(2)41/h13-15,17-20,22,33,35-36,38,40H,6-12,16,21,23-24H2,1-5H3/t33-,35+,36+,38-,40-/m1/s1. The van der Waals surface area contributed by atoms with Gasteiger partial charge in [-0.2, -0.15) is 0 Å². The fraction of sp³-hybridized carbons (Fsp3) is 0.525. The van der Waals surface area contributed by atoms with E-state index in [0.717, 1.165) is 52.0 Å². The molecule has 0 radical (unpaired) electrons. The van der Waals surface area contributed by atoms with Gasteiger partial charge in [0.15, 0.2) is 18.0 Å². The number of rotatable bonds is 20. The van der Waals surface area contributed by atoms with E-state index in [1.54, 1.807) is 12.1 Å². The second-order valence-corrected chi connectivity index (χ2v) is 13.0. The first-order chi connectivity index (χ1) is 26.0. The van der Waals surface area contributed by atoms with Crippen molar-refractivity contribution in [3.63, 3.8) is 0 Å². The van der Waals surface area contributed by atoms with Gasteiger partial charge in [0, 0.05) is 33.8 Å². The van der Waals surface area contributed by atoms with Crippen molar-refractivity contribution in [1.82, 2.24) is 0 Å². The lowest BCUT2D eigenvalue weighted by Crippen LogP contribution is -2.63. The highest BCUT2D eigenvalue weighted by atomic mass is 16.7. The van der Waals surface area contributed by atoms with Gasteiger partial charge in [-0.3, -0.25) is 19.2 Å². The molecule has 0 amide bonds. The third-order valence-electron chi connectivity index (χ3n) is 8.46. The predicted octanol–water partition coefficient (Wildman–Crippen LogP) is 6.35. The molecule has 1 fully saturated rings. The highest BCUT2D eigenvalue weighted by molar-refractivity contribution is 5.86. The summed E-state index contributed by atoms with van der Waals surface area (Å²) in [5.74, 6) is -2.73. The van der Waals surface area contributed by atoms with Crippen LogP contribution < -0.4 is 19.8 Å². The zero-order valence-electron chi connectivity index (χ0n) is 31.5. The molecule has 14 heteroatoms. The lowest BCUT2D eigenvalue weighted by atomic mass is 9.98. The molecule has 2 aromatic carbocycles. The molecule has 0 spiro atoms. The van der Waals surface area contributed by atoms with E-state index in [1.165, 1.54) is 38.7 Å². The maximum Gasteiger partial charge on any atom is 0.383 e. The van der Waals surface area contributed by atoms with Crippen molar-refractivity contribution < 1.29 is 61.5 Å². The van der Waals surface area contributed by atoms with Gasteiger partial charge in [0.2, 0.25) is 18.1 Å². The Morgan fingerprint density at radius 1 is 0.685 bits per heavy atom. The van der Waals surface area contributed by atoms with Crippen LogP contribution in [-0.2, 0) is 49.5 Å². The number of ether oxygens (including phenoxy) is 8. The minimum absolute atomic E-state index is 0.0466. The number of carbonyl (C=O) groups is 4. The van der Waals surface area contributed by atoms with Crippen molar-refractivity contribution in [3.05, 3.63) is 64.5 Å². The van der Waals surface area contributed by atoms with Crippen LogP contribution in [0.2, 0.25) is 0 Å². The first-order valence-corrected chi connectivity index (χ1v) is 18.3. The van der Waals surface area contributed by atoms with Crippen molar-refractivity contribution in [2.24, 2.45) is 0 Å². The highest BCUT2D eigenvalue weighted by Crippen LogP contribution is 2.37. The molecule has 1 aromatic heterocycles. The molecular formula is C40H50O14. The lowest BCUT2D eigenvalue weighted by Gasteiger charge is -2.43. The number of unbranched alkanes of at least 4 members (excludes halogenated alkanes) is 7. The average Bonchev–Trinajstić information content (AvgIpc) is 3.12. The normalized spacial score (nSPS) is 19.4. The zero-order valence-corrected chi connectivity index (χ0v) is 31.5. The van der Waals surface area contributed by atoms with Gasteiger partial charge in [0.1, 0.15) is 30.7 Å². The molecule has 1 aliphatic rings. The van der Waals surface area contributed by atoms with Crippen LogP contribution in [0.4, 0.5) is 0 Å². The zero-order chi connectivity index (χ0) is 39.0. The SMILES string of the molecule is CCCCCCCCCCOc1c(OCc2ccccc2)c2ccc(O[C@@H]3O[C@H](COC(C)=O)[C@H](OC(C)=O)[C@H](OC(C)=O)[C@H]3OC(C)=O)cc2oc1=O. The monoisotopic (exact) mass is 754 g/mol. The summed E-state index contributed by atoms with van der Waals surface area (Å²) in [7, 11) is 0. The minimum Gasteiger partial charge on any atom is -0.484 e. The van der Waals surface area contributed by atoms with Gasteiger partial charge in [-0.25, -0.2) is 4.79 Å². The van der Waals surface area contributed by atoms with Crippen LogP contribution >= 0.6 is 0 Å². The van der Waals surface area contributed by atoms with Crippen LogP contribution in [-0.4, -0.2) is 67.8 Å². The molecule has 14 nitrogen and oxygen atoms in total. The van der Waals surface area contributed by atoms with Crippen molar-refractivity contribution in [3.8, 4) is 17.2 Å². The molecule has 1 aliphatic heterocycles. The molecule has 54 heavy (non-hydrogen) atoms. The summed E-state index contributed by atoms with van der Waals surface area (Å²) in [6.45, 7) is 6.78. The van der Waals surface area contributed by atoms with E-state index in [1.807, 2.05) is 30.3 Å². The number of hydrogen-bond donors (Lipinski definition) is 0. The quantitative estimate of drug-likeness (QED) is 0.0540. The third-order valence-corrected chi connectivity index (χ3v) is 8.46. The Morgan fingerprint density at radius 2 is 1.31 bits per heavy atom. The minimum atomic E-state index is -1.49. The summed E-state index contributed by atoms with van der Waals surface area (Å²) in [4.78, 5) is 61.7. The molecule has 0 aliphatic carbocycles.